The van der Waals surface area contributed by atoms with E-state index < -0.39 is 95.9 Å². The molecular weight excluding hydrogens is 1010 g/mol. The van der Waals surface area contributed by atoms with E-state index in [-0.39, 0.29) is 54.1 Å². The monoisotopic (exact) mass is 1080 g/mol. The van der Waals surface area contributed by atoms with E-state index in [1.54, 1.807) is 13.8 Å². The van der Waals surface area contributed by atoms with E-state index in [0.29, 0.717) is 6.42 Å². The van der Waals surface area contributed by atoms with Crippen LogP contribution >= 0.6 is 23.5 Å². The first-order valence-corrected chi connectivity index (χ1v) is 27.8. The molecule has 26 nitrogen and oxygen atoms in total. The first-order chi connectivity index (χ1) is 33.6. The van der Waals surface area contributed by atoms with Gasteiger partial charge in [0.15, 0.2) is 17.7 Å². The average Bonchev–Trinajstić information content (AvgIpc) is 3.87. The molecule has 2 aromatic heterocycles. The number of rotatable bonds is 31. The molecule has 3 heterocycles. The standard InChI is InChI=1S/C43H66N7O19P3/c1-41(2,40(56)57)17-9-7-13-27-11-5-6-12-28(27)14-8-10-18-43(19-20-43)30(51)15-21-45-31(52)16-22-46-38(55)35(54)42(3,4)24-66-72(63,64)69-71(61,62)65-23-29-34(68-70(58,59)60)33(53)39(67-29)50-26-49-32-36(44)47-25-48-37(32)50/h5-6,11-12,25-26,29,33-35,39,53-54H,7-10,13-24H2,1-4H3,(H,45,52)(H,46,55)(H,56,57)(H,61,62)(H,63,64)(H2,44,47,48)(H2,58,59,60). The van der Waals surface area contributed by atoms with Crippen molar-refractivity contribution in [2.45, 2.75) is 135 Å². The SMILES string of the molecule is CC(C)(CCCCc1ccccc1CCCCC1(C(=O)CCNC(=O)CCNC(=O)C(O)C(C)(C)COP(=O)(O)OP(=O)(O)OCC2OC(n3cnc4c(N)ncnc43)C(O)C2OP(=O)(O)O)CC1)C(=O)O. The lowest BCUT2D eigenvalue weighted by atomic mass is 9.86. The summed E-state index contributed by atoms with van der Waals surface area (Å²) in [7, 11) is -16.5. The second-order valence-corrected chi connectivity index (χ2v) is 23.6. The van der Waals surface area contributed by atoms with E-state index in [9.17, 15) is 67.8 Å². The van der Waals surface area contributed by atoms with Gasteiger partial charge in [-0.3, -0.25) is 37.3 Å². The third-order valence-corrected chi connectivity index (χ3v) is 15.8. The normalized spacial score (nSPS) is 21.1. The van der Waals surface area contributed by atoms with Gasteiger partial charge < -0.3 is 56.0 Å². The first kappa shape index (κ1) is 58.8. The number of nitrogens with zero attached hydrogens (tertiary/aromatic N) is 4. The molecule has 0 bridgehead atoms. The van der Waals surface area contributed by atoms with Gasteiger partial charge in [0, 0.05) is 36.8 Å². The number of nitrogens with two attached hydrogens (primary N) is 1. The summed E-state index contributed by atoms with van der Waals surface area (Å²) in [5.41, 5.74) is 5.64. The van der Waals surface area contributed by atoms with E-state index >= 15 is 0 Å². The Kier molecular flexibility index (Phi) is 20.0. The van der Waals surface area contributed by atoms with Gasteiger partial charge in [0.25, 0.3) is 0 Å². The Morgan fingerprint density at radius 1 is 0.903 bits per heavy atom. The molecule has 5 rings (SSSR count). The summed E-state index contributed by atoms with van der Waals surface area (Å²) in [6.07, 6.45) is 1.35. The first-order valence-electron chi connectivity index (χ1n) is 23.3. The Balaban J connectivity index is 0.983. The summed E-state index contributed by atoms with van der Waals surface area (Å²) in [6.45, 7) is 3.83. The number of anilines is 1. The number of hydrogen-bond acceptors (Lipinski definition) is 18. The number of carboxylic acid groups (broad SMARTS) is 1. The molecule has 72 heavy (non-hydrogen) atoms. The smallest absolute Gasteiger partial charge is 0.481 e. The van der Waals surface area contributed by atoms with Crippen LogP contribution in [0.3, 0.4) is 0 Å². The van der Waals surface area contributed by atoms with Crippen molar-refractivity contribution in [2.75, 3.05) is 32.0 Å². The molecule has 1 saturated carbocycles. The predicted molar refractivity (Wildman–Crippen MR) is 254 cm³/mol. The second-order valence-electron chi connectivity index (χ2n) is 19.4. The molecule has 1 aromatic carbocycles. The lowest BCUT2D eigenvalue weighted by Gasteiger charge is -2.30. The highest BCUT2D eigenvalue weighted by molar-refractivity contribution is 7.61. The van der Waals surface area contributed by atoms with Gasteiger partial charge in [-0.05, 0) is 76.3 Å². The number of carboxylic acids is 1. The Morgan fingerprint density at radius 2 is 1.53 bits per heavy atom. The van der Waals surface area contributed by atoms with Crippen LogP contribution in [0.2, 0.25) is 0 Å². The number of aryl methyl sites for hydroxylation is 2. The fourth-order valence-electron chi connectivity index (χ4n) is 8.15. The van der Waals surface area contributed by atoms with Crippen LogP contribution in [0.15, 0.2) is 36.9 Å². The van der Waals surface area contributed by atoms with Gasteiger partial charge >= 0.3 is 29.4 Å². The maximum atomic E-state index is 13.2. The third-order valence-electron chi connectivity index (χ3n) is 12.7. The highest BCUT2D eigenvalue weighted by Gasteiger charge is 2.51. The number of benzene rings is 1. The quantitative estimate of drug-likeness (QED) is 0.0326. The van der Waals surface area contributed by atoms with Crippen LogP contribution in [0.5, 0.6) is 0 Å². The van der Waals surface area contributed by atoms with E-state index in [4.69, 9.17) is 19.5 Å². The number of carbonyl (C=O) groups is 4. The number of unbranched alkanes of at least 4 members (excludes halogenated alkanes) is 2. The Hall–Kier alpha value is -4.10. The van der Waals surface area contributed by atoms with Crippen LogP contribution in [0.1, 0.15) is 109 Å². The predicted octanol–water partition coefficient (Wildman–Crippen LogP) is 3.38. The largest absolute Gasteiger partial charge is 0.481 e. The van der Waals surface area contributed by atoms with Gasteiger partial charge in [-0.1, -0.05) is 51.0 Å². The number of carbonyl (C=O) groups excluding carboxylic acids is 3. The molecule has 402 valence electrons. The van der Waals surface area contributed by atoms with E-state index in [0.717, 1.165) is 75.0 Å². The number of amides is 2. The summed E-state index contributed by atoms with van der Waals surface area (Å²) in [5.74, 6) is -2.21. The van der Waals surface area contributed by atoms with Crippen LogP contribution in [0.4, 0.5) is 5.82 Å². The molecular formula is C43H66N7O19P3. The molecule has 7 unspecified atom stereocenters. The van der Waals surface area contributed by atoms with E-state index in [1.165, 1.54) is 25.0 Å². The van der Waals surface area contributed by atoms with Crippen molar-refractivity contribution >= 4 is 64.0 Å². The molecule has 0 radical (unpaired) electrons. The number of fused-ring (bicyclic) bond motifs is 1. The number of nitrogen functional groups attached to an aromatic ring is 1. The van der Waals surface area contributed by atoms with Crippen molar-refractivity contribution in [1.82, 2.24) is 30.2 Å². The third kappa shape index (κ3) is 16.7. The molecule has 2 aliphatic rings. The van der Waals surface area contributed by atoms with Crippen molar-refractivity contribution in [2.24, 2.45) is 16.2 Å². The number of ether oxygens (including phenoxy) is 1. The van der Waals surface area contributed by atoms with Crippen molar-refractivity contribution in [3.8, 4) is 0 Å². The zero-order valence-electron chi connectivity index (χ0n) is 40.4. The summed E-state index contributed by atoms with van der Waals surface area (Å²) >= 11 is 0. The number of imidazole rings is 1. The molecule has 2 fully saturated rings. The van der Waals surface area contributed by atoms with Crippen molar-refractivity contribution in [1.29, 1.82) is 0 Å². The number of aliphatic hydroxyl groups excluding tert-OH is 2. The van der Waals surface area contributed by atoms with Crippen LogP contribution in [-0.2, 0) is 68.3 Å². The molecule has 2 amide bonds. The Labute approximate surface area is 415 Å². The maximum Gasteiger partial charge on any atom is 0.481 e. The number of aromatic nitrogens is 4. The zero-order valence-corrected chi connectivity index (χ0v) is 43.1. The number of aliphatic carboxylic acids is 1. The number of phosphoric ester groups is 3. The van der Waals surface area contributed by atoms with Crippen molar-refractivity contribution < 1.29 is 90.4 Å². The zero-order chi connectivity index (χ0) is 53.3. The number of nitrogens with one attached hydrogen (secondary N) is 2. The van der Waals surface area contributed by atoms with Crippen molar-refractivity contribution in [3.63, 3.8) is 0 Å². The van der Waals surface area contributed by atoms with Crippen LogP contribution in [0.25, 0.3) is 11.2 Å². The molecule has 1 saturated heterocycles. The minimum atomic E-state index is -5.60. The summed E-state index contributed by atoms with van der Waals surface area (Å²) in [5, 5.41) is 36.1. The van der Waals surface area contributed by atoms with Crippen LogP contribution < -0.4 is 16.4 Å². The van der Waals surface area contributed by atoms with E-state index in [2.05, 4.69) is 46.6 Å². The second kappa shape index (κ2) is 24.5. The van der Waals surface area contributed by atoms with Gasteiger partial charge in [0.1, 0.15) is 42.0 Å². The lowest BCUT2D eigenvalue weighted by Crippen LogP contribution is -2.46. The highest BCUT2D eigenvalue weighted by Crippen LogP contribution is 2.61. The molecule has 29 heteroatoms. The number of hydrogen-bond donors (Lipinski definition) is 10. The summed E-state index contributed by atoms with van der Waals surface area (Å²) in [4.78, 5) is 101. The maximum absolute atomic E-state index is 13.2. The fraction of sp³-hybridized carbons (Fsp3) is 0.651. The molecule has 1 aliphatic heterocycles. The topological polar surface area (TPSA) is 401 Å². The number of Topliss-reactive ketones (excluding diaryl/α,β-unsaturated/α-hetero) is 1. The summed E-state index contributed by atoms with van der Waals surface area (Å²) in [6, 6.07) is 8.25. The molecule has 7 atom stereocenters. The van der Waals surface area contributed by atoms with E-state index in [1.807, 2.05) is 12.1 Å². The van der Waals surface area contributed by atoms with Crippen molar-refractivity contribution in [3.05, 3.63) is 48.0 Å². The van der Waals surface area contributed by atoms with Gasteiger partial charge in [-0.25, -0.2) is 28.6 Å². The minimum absolute atomic E-state index is 0.0253. The minimum Gasteiger partial charge on any atom is -0.481 e. The average molecular weight is 1080 g/mol. The van der Waals surface area contributed by atoms with Gasteiger partial charge in [0.05, 0.1) is 25.0 Å². The fourth-order valence-corrected chi connectivity index (χ4v) is 11.0. The van der Waals surface area contributed by atoms with Gasteiger partial charge in [0.2, 0.25) is 11.8 Å². The number of ketones is 1. The molecule has 11 N–H and O–H groups in total. The van der Waals surface area contributed by atoms with Crippen LogP contribution in [0, 0.1) is 16.2 Å². The number of aliphatic hydroxyl groups is 2. The molecule has 0 spiro atoms. The molecule has 1 aliphatic carbocycles. The Morgan fingerprint density at radius 3 is 2.15 bits per heavy atom. The highest BCUT2D eigenvalue weighted by atomic mass is 31.3. The van der Waals surface area contributed by atoms with Gasteiger partial charge in [-0.2, -0.15) is 4.31 Å². The number of phosphoric acid groups is 3. The molecule has 3 aromatic rings. The lowest BCUT2D eigenvalue weighted by molar-refractivity contribution is -0.147. The van der Waals surface area contributed by atoms with Crippen LogP contribution in [-0.4, -0.2) is 129 Å². The summed E-state index contributed by atoms with van der Waals surface area (Å²) < 4.78 is 62.6. The van der Waals surface area contributed by atoms with Gasteiger partial charge in [-0.15, -0.1) is 0 Å². The Bertz CT molecular complexity index is 2540.